The van der Waals surface area contributed by atoms with Crippen LogP contribution in [0.25, 0.3) is 0 Å². The van der Waals surface area contributed by atoms with Gasteiger partial charge in [-0.3, -0.25) is 0 Å². The van der Waals surface area contributed by atoms with Crippen LogP contribution < -0.4 is 5.32 Å². The summed E-state index contributed by atoms with van der Waals surface area (Å²) >= 11 is 0. The van der Waals surface area contributed by atoms with Gasteiger partial charge in [-0.05, 0) is 51.2 Å². The van der Waals surface area contributed by atoms with Crippen LogP contribution in [0.5, 0.6) is 0 Å². The molecule has 0 amide bonds. The van der Waals surface area contributed by atoms with Gasteiger partial charge in [0.15, 0.2) is 0 Å². The van der Waals surface area contributed by atoms with Gasteiger partial charge in [-0.1, -0.05) is 0 Å². The second kappa shape index (κ2) is 12.1. The smallest absolute Gasteiger partial charge is 0.333 e. The van der Waals surface area contributed by atoms with Gasteiger partial charge >= 0.3 is 5.97 Å². The molecule has 0 saturated carbocycles. The molecule has 0 aromatic rings. The van der Waals surface area contributed by atoms with E-state index in [0.717, 1.165) is 56.4 Å². The van der Waals surface area contributed by atoms with Crippen molar-refractivity contribution in [3.05, 3.63) is 22.9 Å². The van der Waals surface area contributed by atoms with Crippen molar-refractivity contribution in [2.75, 3.05) is 40.1 Å². The van der Waals surface area contributed by atoms with Crippen molar-refractivity contribution in [1.82, 2.24) is 5.32 Å². The third kappa shape index (κ3) is 8.18. The Balaban J connectivity index is 2.45. The van der Waals surface area contributed by atoms with E-state index in [1.165, 1.54) is 5.70 Å². The SMILES string of the molecule is CCOCCCOC(=O)/C(C)=C1\C=C(NCCCOC)CCC1. The van der Waals surface area contributed by atoms with Crippen LogP contribution in [0.3, 0.4) is 0 Å². The molecule has 132 valence electrons. The van der Waals surface area contributed by atoms with E-state index >= 15 is 0 Å². The minimum absolute atomic E-state index is 0.214. The maximum atomic E-state index is 12.1. The van der Waals surface area contributed by atoms with Crippen LogP contribution in [0, 0.1) is 0 Å². The van der Waals surface area contributed by atoms with Gasteiger partial charge in [0.25, 0.3) is 0 Å². The van der Waals surface area contributed by atoms with Crippen LogP contribution >= 0.6 is 0 Å². The molecule has 0 aromatic heterocycles. The first-order valence-electron chi connectivity index (χ1n) is 8.57. The molecule has 0 fully saturated rings. The van der Waals surface area contributed by atoms with E-state index in [2.05, 4.69) is 11.4 Å². The van der Waals surface area contributed by atoms with Crippen molar-refractivity contribution < 1.29 is 19.0 Å². The van der Waals surface area contributed by atoms with Crippen molar-refractivity contribution in [2.24, 2.45) is 0 Å². The van der Waals surface area contributed by atoms with Gasteiger partial charge in [-0.15, -0.1) is 0 Å². The Morgan fingerprint density at radius 3 is 2.78 bits per heavy atom. The highest BCUT2D eigenvalue weighted by Gasteiger charge is 2.15. The van der Waals surface area contributed by atoms with Crippen LogP contribution in [0.2, 0.25) is 0 Å². The Morgan fingerprint density at radius 2 is 2.04 bits per heavy atom. The summed E-state index contributed by atoms with van der Waals surface area (Å²) in [6, 6.07) is 0. The number of hydrogen-bond acceptors (Lipinski definition) is 5. The van der Waals surface area contributed by atoms with E-state index in [1.807, 2.05) is 13.8 Å². The summed E-state index contributed by atoms with van der Waals surface area (Å²) in [7, 11) is 1.71. The van der Waals surface area contributed by atoms with Crippen molar-refractivity contribution in [3.8, 4) is 0 Å². The average molecular weight is 325 g/mol. The zero-order valence-electron chi connectivity index (χ0n) is 14.8. The Labute approximate surface area is 140 Å². The first-order chi connectivity index (χ1) is 11.2. The van der Waals surface area contributed by atoms with Gasteiger partial charge in [-0.2, -0.15) is 0 Å². The van der Waals surface area contributed by atoms with Gasteiger partial charge in [0.05, 0.1) is 6.61 Å². The molecule has 1 aliphatic carbocycles. The molecule has 0 bridgehead atoms. The number of esters is 1. The molecule has 0 spiro atoms. The van der Waals surface area contributed by atoms with Crippen LogP contribution in [0.1, 0.15) is 46.0 Å². The van der Waals surface area contributed by atoms with Gasteiger partial charge in [0.1, 0.15) is 0 Å². The van der Waals surface area contributed by atoms with Crippen LogP contribution in [0.15, 0.2) is 22.9 Å². The first kappa shape index (κ1) is 19.7. The topological polar surface area (TPSA) is 56.8 Å². The molecule has 0 radical (unpaired) electrons. The number of hydrogen-bond donors (Lipinski definition) is 1. The maximum Gasteiger partial charge on any atom is 0.333 e. The summed E-state index contributed by atoms with van der Waals surface area (Å²) < 4.78 is 15.6. The molecule has 0 aliphatic heterocycles. The van der Waals surface area contributed by atoms with E-state index in [9.17, 15) is 4.79 Å². The summed E-state index contributed by atoms with van der Waals surface area (Å²) in [4.78, 5) is 12.1. The number of allylic oxidation sites excluding steroid dienone is 3. The van der Waals surface area contributed by atoms with E-state index in [1.54, 1.807) is 7.11 Å². The molecule has 1 N–H and O–H groups in total. The number of methoxy groups -OCH3 is 1. The summed E-state index contributed by atoms with van der Waals surface area (Å²) in [6.45, 7) is 7.21. The third-order valence-corrected chi connectivity index (χ3v) is 3.78. The molecule has 0 aromatic carbocycles. The summed E-state index contributed by atoms with van der Waals surface area (Å²) in [5.41, 5.74) is 3.00. The molecule has 0 atom stereocenters. The Hall–Kier alpha value is -1.33. The van der Waals surface area contributed by atoms with Crippen molar-refractivity contribution in [2.45, 2.75) is 46.0 Å². The molecule has 5 nitrogen and oxygen atoms in total. The third-order valence-electron chi connectivity index (χ3n) is 3.78. The highest BCUT2D eigenvalue weighted by molar-refractivity contribution is 5.89. The lowest BCUT2D eigenvalue weighted by atomic mass is 9.95. The lowest BCUT2D eigenvalue weighted by Gasteiger charge is -2.18. The highest BCUT2D eigenvalue weighted by Crippen LogP contribution is 2.24. The van der Waals surface area contributed by atoms with Gasteiger partial charge in [-0.25, -0.2) is 4.79 Å². The number of carbonyl (C=O) groups excluding carboxylic acids is 1. The predicted molar refractivity (Wildman–Crippen MR) is 91.2 cm³/mol. The van der Waals surface area contributed by atoms with Gasteiger partial charge in [0, 0.05) is 51.2 Å². The summed E-state index contributed by atoms with van der Waals surface area (Å²) in [5.74, 6) is -0.214. The molecule has 23 heavy (non-hydrogen) atoms. The maximum absolute atomic E-state index is 12.1. The second-order valence-corrected chi connectivity index (χ2v) is 5.63. The molecular formula is C18H31NO4. The largest absolute Gasteiger partial charge is 0.462 e. The summed E-state index contributed by atoms with van der Waals surface area (Å²) in [6.07, 6.45) is 6.86. The minimum Gasteiger partial charge on any atom is -0.462 e. The van der Waals surface area contributed by atoms with E-state index < -0.39 is 0 Å². The lowest BCUT2D eigenvalue weighted by Crippen LogP contribution is -2.19. The second-order valence-electron chi connectivity index (χ2n) is 5.63. The fourth-order valence-electron chi connectivity index (χ4n) is 2.43. The molecule has 0 saturated heterocycles. The molecule has 1 aliphatic rings. The Bertz CT molecular complexity index is 415. The van der Waals surface area contributed by atoms with Crippen molar-refractivity contribution >= 4 is 5.97 Å². The summed E-state index contributed by atoms with van der Waals surface area (Å²) in [5, 5.41) is 3.42. The fraction of sp³-hybridized carbons (Fsp3) is 0.722. The molecule has 5 heteroatoms. The Kier molecular flexibility index (Phi) is 10.4. The van der Waals surface area contributed by atoms with Gasteiger partial charge < -0.3 is 19.5 Å². The van der Waals surface area contributed by atoms with E-state index in [-0.39, 0.29) is 5.97 Å². The minimum atomic E-state index is -0.214. The molecule has 1 rings (SSSR count). The van der Waals surface area contributed by atoms with Crippen LogP contribution in [-0.4, -0.2) is 46.1 Å². The molecule has 0 heterocycles. The van der Waals surface area contributed by atoms with Crippen molar-refractivity contribution in [3.63, 3.8) is 0 Å². The van der Waals surface area contributed by atoms with Crippen molar-refractivity contribution in [1.29, 1.82) is 0 Å². The first-order valence-corrected chi connectivity index (χ1v) is 8.57. The highest BCUT2D eigenvalue weighted by atomic mass is 16.5. The number of rotatable bonds is 11. The standard InChI is InChI=1S/C18H31NO4/c1-4-22-12-7-13-23-18(20)15(2)16-8-5-9-17(14-16)19-10-6-11-21-3/h14,19H,4-13H2,1-3H3/b16-15-. The quantitative estimate of drug-likeness (QED) is 0.359. The van der Waals surface area contributed by atoms with Crippen LogP contribution in [0.4, 0.5) is 0 Å². The number of ether oxygens (including phenoxy) is 3. The zero-order valence-corrected chi connectivity index (χ0v) is 14.8. The Morgan fingerprint density at radius 1 is 1.22 bits per heavy atom. The van der Waals surface area contributed by atoms with E-state index in [0.29, 0.717) is 19.8 Å². The lowest BCUT2D eigenvalue weighted by molar-refractivity contribution is -0.139. The predicted octanol–water partition coefficient (Wildman–Crippen LogP) is 2.97. The zero-order chi connectivity index (χ0) is 16.9. The number of nitrogens with one attached hydrogen (secondary N) is 1. The number of carbonyl (C=O) groups is 1. The molecule has 0 unspecified atom stereocenters. The average Bonchev–Trinajstić information content (AvgIpc) is 2.58. The molecular weight excluding hydrogens is 294 g/mol. The fourth-order valence-corrected chi connectivity index (χ4v) is 2.43. The monoisotopic (exact) mass is 325 g/mol. The van der Waals surface area contributed by atoms with E-state index in [4.69, 9.17) is 14.2 Å². The van der Waals surface area contributed by atoms with Gasteiger partial charge in [0.2, 0.25) is 0 Å². The normalized spacial score (nSPS) is 16.7. The van der Waals surface area contributed by atoms with Crippen LogP contribution in [-0.2, 0) is 19.0 Å².